The van der Waals surface area contributed by atoms with Crippen molar-refractivity contribution >= 4 is 11.4 Å². The van der Waals surface area contributed by atoms with Crippen LogP contribution in [0.2, 0.25) is 0 Å². The quantitative estimate of drug-likeness (QED) is 0.172. The normalized spacial score (nSPS) is 10.9. The van der Waals surface area contributed by atoms with Gasteiger partial charge >= 0.3 is 0 Å². The molecule has 0 radical (unpaired) electrons. The lowest BCUT2D eigenvalue weighted by Crippen LogP contribution is -2.02. The van der Waals surface area contributed by atoms with Crippen LogP contribution in [0, 0.1) is 0 Å². The summed E-state index contributed by atoms with van der Waals surface area (Å²) >= 11 is 0. The van der Waals surface area contributed by atoms with Gasteiger partial charge in [0, 0.05) is 17.3 Å². The lowest BCUT2D eigenvalue weighted by Gasteiger charge is -2.19. The van der Waals surface area contributed by atoms with Gasteiger partial charge in [-0.1, -0.05) is 56.9 Å². The van der Waals surface area contributed by atoms with Crippen molar-refractivity contribution in [1.82, 2.24) is 0 Å². The summed E-state index contributed by atoms with van der Waals surface area (Å²) in [5.74, 6) is 3.51. The Kier molecular flexibility index (Phi) is 8.29. The van der Waals surface area contributed by atoms with Gasteiger partial charge in [0.25, 0.3) is 0 Å². The summed E-state index contributed by atoms with van der Waals surface area (Å²) in [6, 6.07) is 31.8. The molecular formula is C31H34N2O2. The van der Waals surface area contributed by atoms with Crippen LogP contribution in [0.15, 0.2) is 97.1 Å². The van der Waals surface area contributed by atoms with Crippen molar-refractivity contribution in [3.05, 3.63) is 108 Å². The molecule has 4 rings (SSSR count). The van der Waals surface area contributed by atoms with Crippen molar-refractivity contribution in [3.63, 3.8) is 0 Å². The topological polar surface area (TPSA) is 70.5 Å². The van der Waals surface area contributed by atoms with Gasteiger partial charge in [0.2, 0.25) is 0 Å². The summed E-state index contributed by atoms with van der Waals surface area (Å²) < 4.78 is 12.0. The van der Waals surface area contributed by atoms with Gasteiger partial charge in [-0.3, -0.25) is 0 Å². The van der Waals surface area contributed by atoms with Crippen LogP contribution in [0.5, 0.6) is 23.0 Å². The van der Waals surface area contributed by atoms with Crippen LogP contribution >= 0.6 is 0 Å². The average Bonchev–Trinajstić information content (AvgIpc) is 2.88. The molecule has 4 heteroatoms. The largest absolute Gasteiger partial charge is 0.457 e. The summed E-state index contributed by atoms with van der Waals surface area (Å²) in [7, 11) is 0. The van der Waals surface area contributed by atoms with Gasteiger partial charge in [-0.25, -0.2) is 0 Å². The second kappa shape index (κ2) is 12.0. The first-order valence-electron chi connectivity index (χ1n) is 12.4. The van der Waals surface area contributed by atoms with E-state index in [1.165, 1.54) is 36.8 Å². The molecule has 4 aromatic carbocycles. The maximum atomic E-state index is 5.99. The fourth-order valence-corrected chi connectivity index (χ4v) is 4.18. The van der Waals surface area contributed by atoms with Gasteiger partial charge < -0.3 is 20.9 Å². The molecule has 0 unspecified atom stereocenters. The monoisotopic (exact) mass is 466 g/mol. The lowest BCUT2D eigenvalue weighted by molar-refractivity contribution is 0.482. The van der Waals surface area contributed by atoms with E-state index in [1.54, 1.807) is 0 Å². The molecule has 0 bridgehead atoms. The van der Waals surface area contributed by atoms with Crippen molar-refractivity contribution < 1.29 is 9.47 Å². The van der Waals surface area contributed by atoms with Crippen molar-refractivity contribution in [3.8, 4) is 23.0 Å². The van der Waals surface area contributed by atoms with E-state index in [2.05, 4.69) is 31.2 Å². The average molecular weight is 467 g/mol. The minimum atomic E-state index is 0.322. The van der Waals surface area contributed by atoms with E-state index in [0.29, 0.717) is 5.92 Å². The van der Waals surface area contributed by atoms with E-state index in [4.69, 9.17) is 20.9 Å². The van der Waals surface area contributed by atoms with Crippen LogP contribution in [-0.2, 0) is 0 Å². The van der Waals surface area contributed by atoms with Crippen molar-refractivity contribution in [1.29, 1.82) is 0 Å². The van der Waals surface area contributed by atoms with E-state index in [9.17, 15) is 0 Å². The maximum Gasteiger partial charge on any atom is 0.127 e. The Hall–Kier alpha value is -3.92. The number of hydrogen-bond acceptors (Lipinski definition) is 4. The highest BCUT2D eigenvalue weighted by atomic mass is 16.5. The van der Waals surface area contributed by atoms with Gasteiger partial charge in [-0.05, 0) is 90.3 Å². The lowest BCUT2D eigenvalue weighted by atomic mass is 9.86. The van der Waals surface area contributed by atoms with Gasteiger partial charge in [0.1, 0.15) is 23.0 Å². The standard InChI is InChI=1S/C31H34N2O2/c1-2-3-4-5-6-31(23-7-15-27(16-8-23)34-29-19-11-25(32)12-20-29)24-9-17-28(18-10-24)35-30-21-13-26(33)14-22-30/h7-22,31H,2-6,32-33H2,1H3. The molecule has 0 aliphatic rings. The predicted octanol–water partition coefficient (Wildman–Crippen LogP) is 8.54. The number of benzene rings is 4. The first-order valence-corrected chi connectivity index (χ1v) is 12.4. The molecule has 4 N–H and O–H groups in total. The number of nitrogen functional groups attached to an aromatic ring is 2. The van der Waals surface area contributed by atoms with Crippen molar-refractivity contribution in [2.45, 2.75) is 44.9 Å². The molecule has 0 atom stereocenters. The summed E-state index contributed by atoms with van der Waals surface area (Å²) in [6.45, 7) is 2.25. The second-order valence-electron chi connectivity index (χ2n) is 8.88. The second-order valence-corrected chi connectivity index (χ2v) is 8.88. The molecule has 0 amide bonds. The number of ether oxygens (including phenoxy) is 2. The molecule has 0 saturated carbocycles. The summed E-state index contributed by atoms with van der Waals surface area (Å²) in [6.07, 6.45) is 6.07. The van der Waals surface area contributed by atoms with E-state index < -0.39 is 0 Å². The number of nitrogens with two attached hydrogens (primary N) is 2. The Morgan fingerprint density at radius 2 is 0.886 bits per heavy atom. The molecular weight excluding hydrogens is 432 g/mol. The Morgan fingerprint density at radius 3 is 1.26 bits per heavy atom. The molecule has 35 heavy (non-hydrogen) atoms. The highest BCUT2D eigenvalue weighted by molar-refractivity contribution is 5.45. The van der Waals surface area contributed by atoms with Gasteiger partial charge in [0.15, 0.2) is 0 Å². The third-order valence-electron chi connectivity index (χ3n) is 6.14. The Balaban J connectivity index is 1.48. The van der Waals surface area contributed by atoms with Crippen LogP contribution in [0.25, 0.3) is 0 Å². The minimum Gasteiger partial charge on any atom is -0.457 e. The van der Waals surface area contributed by atoms with Crippen LogP contribution in [0.4, 0.5) is 11.4 Å². The molecule has 0 spiro atoms. The van der Waals surface area contributed by atoms with Crippen molar-refractivity contribution in [2.75, 3.05) is 11.5 Å². The third kappa shape index (κ3) is 7.03. The maximum absolute atomic E-state index is 5.99. The molecule has 0 aromatic heterocycles. The molecule has 0 heterocycles. The fraction of sp³-hybridized carbons (Fsp3) is 0.226. The number of unbranched alkanes of at least 4 members (excludes halogenated alkanes) is 3. The smallest absolute Gasteiger partial charge is 0.127 e. The molecule has 0 fully saturated rings. The highest BCUT2D eigenvalue weighted by Gasteiger charge is 2.15. The Bertz CT molecular complexity index is 1080. The van der Waals surface area contributed by atoms with E-state index in [-0.39, 0.29) is 0 Å². The zero-order valence-corrected chi connectivity index (χ0v) is 20.3. The number of anilines is 2. The molecule has 4 nitrogen and oxygen atoms in total. The molecule has 0 aliphatic heterocycles. The minimum absolute atomic E-state index is 0.322. The fourth-order valence-electron chi connectivity index (χ4n) is 4.18. The van der Waals surface area contributed by atoms with Crippen LogP contribution in [0.1, 0.15) is 56.1 Å². The number of hydrogen-bond donors (Lipinski definition) is 2. The van der Waals surface area contributed by atoms with Gasteiger partial charge in [-0.15, -0.1) is 0 Å². The summed E-state index contributed by atoms with van der Waals surface area (Å²) in [5.41, 5.74) is 15.6. The zero-order chi connectivity index (χ0) is 24.5. The van der Waals surface area contributed by atoms with Crippen LogP contribution in [-0.4, -0.2) is 0 Å². The van der Waals surface area contributed by atoms with Gasteiger partial charge in [-0.2, -0.15) is 0 Å². The zero-order valence-electron chi connectivity index (χ0n) is 20.3. The van der Waals surface area contributed by atoms with E-state index in [0.717, 1.165) is 40.8 Å². The number of rotatable bonds is 11. The molecule has 0 aliphatic carbocycles. The summed E-state index contributed by atoms with van der Waals surface area (Å²) in [4.78, 5) is 0. The third-order valence-corrected chi connectivity index (χ3v) is 6.14. The first-order chi connectivity index (χ1) is 17.1. The Morgan fingerprint density at radius 1 is 0.514 bits per heavy atom. The first kappa shape index (κ1) is 24.2. The predicted molar refractivity (Wildman–Crippen MR) is 145 cm³/mol. The van der Waals surface area contributed by atoms with Crippen LogP contribution < -0.4 is 20.9 Å². The molecule has 0 saturated heterocycles. The molecule has 4 aromatic rings. The van der Waals surface area contributed by atoms with Gasteiger partial charge in [0.05, 0.1) is 0 Å². The SMILES string of the molecule is CCCCCCC(c1ccc(Oc2ccc(N)cc2)cc1)c1ccc(Oc2ccc(N)cc2)cc1. The van der Waals surface area contributed by atoms with Crippen LogP contribution in [0.3, 0.4) is 0 Å². The highest BCUT2D eigenvalue weighted by Crippen LogP contribution is 2.34. The van der Waals surface area contributed by atoms with E-state index >= 15 is 0 Å². The summed E-state index contributed by atoms with van der Waals surface area (Å²) in [5, 5.41) is 0. The van der Waals surface area contributed by atoms with Crippen molar-refractivity contribution in [2.24, 2.45) is 0 Å². The van der Waals surface area contributed by atoms with E-state index in [1.807, 2.05) is 72.8 Å². The molecule has 180 valence electrons. The Labute approximate surface area is 208 Å².